The summed E-state index contributed by atoms with van der Waals surface area (Å²) < 4.78 is 16.9. The Kier molecular flexibility index (Phi) is 66.1. The summed E-state index contributed by atoms with van der Waals surface area (Å²) >= 11 is 0. The number of esters is 3. The molecule has 0 aliphatic rings. The molecule has 79 heavy (non-hydrogen) atoms. The fraction of sp³-hybridized carbons (Fsp3) is 0.877. The third kappa shape index (κ3) is 66.3. The lowest BCUT2D eigenvalue weighted by Crippen LogP contribution is -2.30. The third-order valence-corrected chi connectivity index (χ3v) is 16.1. The molecule has 0 amide bonds. The first-order valence-electron chi connectivity index (χ1n) is 35.5. The molecule has 6 heteroatoms. The van der Waals surface area contributed by atoms with E-state index >= 15 is 0 Å². The van der Waals surface area contributed by atoms with Crippen molar-refractivity contribution in [2.75, 3.05) is 13.2 Å². The zero-order valence-corrected chi connectivity index (χ0v) is 53.4. The molecule has 0 rings (SSSR count). The largest absolute Gasteiger partial charge is 0.462 e. The van der Waals surface area contributed by atoms with Gasteiger partial charge in [0.25, 0.3) is 0 Å². The van der Waals surface area contributed by atoms with E-state index in [-0.39, 0.29) is 31.1 Å². The second-order valence-electron chi connectivity index (χ2n) is 24.1. The molecular formula is C73H136O6. The molecule has 0 aliphatic carbocycles. The van der Waals surface area contributed by atoms with Gasteiger partial charge in [0, 0.05) is 19.3 Å². The quantitative estimate of drug-likeness (QED) is 0.0261. The van der Waals surface area contributed by atoms with Crippen molar-refractivity contribution in [3.63, 3.8) is 0 Å². The van der Waals surface area contributed by atoms with Crippen LogP contribution in [0.2, 0.25) is 0 Å². The predicted octanol–water partition coefficient (Wildman–Crippen LogP) is 24.3. The summed E-state index contributed by atoms with van der Waals surface area (Å²) in [6.45, 7) is 6.65. The minimum atomic E-state index is -0.768. The Labute approximate surface area is 493 Å². The van der Waals surface area contributed by atoms with Gasteiger partial charge in [-0.2, -0.15) is 0 Å². The molecular weight excluding hydrogens is 973 g/mol. The first-order chi connectivity index (χ1) is 39.0. The molecule has 464 valence electrons. The minimum Gasteiger partial charge on any atom is -0.462 e. The predicted molar refractivity (Wildman–Crippen MR) is 344 cm³/mol. The van der Waals surface area contributed by atoms with Crippen LogP contribution >= 0.6 is 0 Å². The Hall–Kier alpha value is -2.37. The van der Waals surface area contributed by atoms with E-state index in [2.05, 4.69) is 57.2 Å². The monoisotopic (exact) mass is 1110 g/mol. The Morgan fingerprint density at radius 3 is 0.709 bits per heavy atom. The molecule has 0 saturated heterocycles. The van der Waals surface area contributed by atoms with Crippen molar-refractivity contribution in [1.29, 1.82) is 0 Å². The van der Waals surface area contributed by atoms with Crippen molar-refractivity contribution in [1.82, 2.24) is 0 Å². The van der Waals surface area contributed by atoms with Gasteiger partial charge in [-0.25, -0.2) is 0 Å². The summed E-state index contributed by atoms with van der Waals surface area (Å²) in [5, 5.41) is 0. The molecule has 0 radical (unpaired) electrons. The summed E-state index contributed by atoms with van der Waals surface area (Å²) in [5.74, 6) is -0.849. The Morgan fingerprint density at radius 2 is 0.456 bits per heavy atom. The van der Waals surface area contributed by atoms with Gasteiger partial charge < -0.3 is 14.2 Å². The van der Waals surface area contributed by atoms with Crippen molar-refractivity contribution in [2.24, 2.45) is 0 Å². The SMILES string of the molecule is CCCCCCC/C=C\C/C=C\CCCCCCCCCCCCCCCC(=O)OC(COC(=O)CCCCCCCCC)COC(=O)CCCCCCCCCCCCCCCCCCC/C=C\CCCCCCCCCC. The highest BCUT2D eigenvalue weighted by atomic mass is 16.6. The first-order valence-corrected chi connectivity index (χ1v) is 35.5. The van der Waals surface area contributed by atoms with E-state index in [4.69, 9.17) is 14.2 Å². The summed E-state index contributed by atoms with van der Waals surface area (Å²) in [7, 11) is 0. The molecule has 0 aliphatic heterocycles. The number of ether oxygens (including phenoxy) is 3. The molecule has 1 unspecified atom stereocenters. The molecule has 0 N–H and O–H groups in total. The highest BCUT2D eigenvalue weighted by Crippen LogP contribution is 2.18. The van der Waals surface area contributed by atoms with Crippen LogP contribution in [0.1, 0.15) is 393 Å². The highest BCUT2D eigenvalue weighted by molar-refractivity contribution is 5.71. The average molecular weight is 1110 g/mol. The van der Waals surface area contributed by atoms with Gasteiger partial charge in [-0.15, -0.1) is 0 Å². The van der Waals surface area contributed by atoms with Crippen molar-refractivity contribution in [3.05, 3.63) is 36.5 Å². The summed E-state index contributed by atoms with van der Waals surface area (Å²) in [5.41, 5.74) is 0. The van der Waals surface area contributed by atoms with Gasteiger partial charge in [-0.1, -0.05) is 333 Å². The molecule has 0 saturated carbocycles. The van der Waals surface area contributed by atoms with Gasteiger partial charge in [0.1, 0.15) is 13.2 Å². The lowest BCUT2D eigenvalue weighted by molar-refractivity contribution is -0.167. The number of hydrogen-bond donors (Lipinski definition) is 0. The van der Waals surface area contributed by atoms with E-state index in [1.54, 1.807) is 0 Å². The van der Waals surface area contributed by atoms with Crippen LogP contribution in [0.4, 0.5) is 0 Å². The van der Waals surface area contributed by atoms with Crippen molar-refractivity contribution in [3.8, 4) is 0 Å². The average Bonchev–Trinajstić information content (AvgIpc) is 3.45. The van der Waals surface area contributed by atoms with Crippen molar-refractivity contribution in [2.45, 2.75) is 399 Å². The number of rotatable bonds is 66. The second-order valence-corrected chi connectivity index (χ2v) is 24.1. The van der Waals surface area contributed by atoms with Crippen molar-refractivity contribution < 1.29 is 28.6 Å². The molecule has 0 spiro atoms. The van der Waals surface area contributed by atoms with Crippen molar-refractivity contribution >= 4 is 17.9 Å². The van der Waals surface area contributed by atoms with Crippen LogP contribution in [-0.2, 0) is 28.6 Å². The van der Waals surface area contributed by atoms with Crippen LogP contribution < -0.4 is 0 Å². The molecule has 0 aromatic rings. The van der Waals surface area contributed by atoms with E-state index in [1.165, 1.54) is 289 Å². The maximum atomic E-state index is 12.9. The van der Waals surface area contributed by atoms with Gasteiger partial charge in [0.15, 0.2) is 6.10 Å². The van der Waals surface area contributed by atoms with Crippen LogP contribution in [0, 0.1) is 0 Å². The fourth-order valence-corrected chi connectivity index (χ4v) is 10.8. The molecule has 0 bridgehead atoms. The molecule has 0 aromatic carbocycles. The van der Waals surface area contributed by atoms with E-state index in [1.807, 2.05) is 0 Å². The van der Waals surface area contributed by atoms with Crippen LogP contribution in [0.25, 0.3) is 0 Å². The van der Waals surface area contributed by atoms with E-state index in [9.17, 15) is 14.4 Å². The van der Waals surface area contributed by atoms with E-state index in [0.29, 0.717) is 19.3 Å². The normalized spacial score (nSPS) is 12.2. The standard InChI is InChI=1S/C73H136O6/c1-4-7-10-13-16-18-20-22-24-26-28-30-32-34-35-36-37-39-40-42-44-46-48-50-52-54-57-60-63-66-72(75)78-69-70(68-77-71(74)65-62-59-56-15-12-9-6-3)79-73(76)67-64-61-58-55-53-51-49-47-45-43-41-38-33-31-29-27-25-23-21-19-17-14-11-8-5-2/h21,23,26-29,70H,4-20,22,24-25,30-69H2,1-3H3/b23-21-,28-26-,29-27-. The Bertz CT molecular complexity index is 1320. The maximum Gasteiger partial charge on any atom is 0.306 e. The molecule has 0 aromatic heterocycles. The number of hydrogen-bond acceptors (Lipinski definition) is 6. The minimum absolute atomic E-state index is 0.0672. The maximum absolute atomic E-state index is 12.9. The summed E-state index contributed by atoms with van der Waals surface area (Å²) in [4.78, 5) is 38.2. The summed E-state index contributed by atoms with van der Waals surface area (Å²) in [6, 6.07) is 0. The number of allylic oxidation sites excluding steroid dienone is 6. The van der Waals surface area contributed by atoms with Crippen LogP contribution in [0.3, 0.4) is 0 Å². The number of carbonyl (C=O) groups is 3. The fourth-order valence-electron chi connectivity index (χ4n) is 10.8. The number of unbranched alkanes of at least 4 members (excludes halogenated alkanes) is 49. The highest BCUT2D eigenvalue weighted by Gasteiger charge is 2.19. The zero-order chi connectivity index (χ0) is 57.1. The van der Waals surface area contributed by atoms with Crippen LogP contribution in [0.5, 0.6) is 0 Å². The van der Waals surface area contributed by atoms with Gasteiger partial charge in [0.2, 0.25) is 0 Å². The number of carbonyl (C=O) groups excluding carboxylic acids is 3. The zero-order valence-electron chi connectivity index (χ0n) is 53.4. The Balaban J connectivity index is 4.02. The van der Waals surface area contributed by atoms with E-state index < -0.39 is 6.10 Å². The summed E-state index contributed by atoms with van der Waals surface area (Å²) in [6.07, 6.45) is 85.0. The topological polar surface area (TPSA) is 78.9 Å². The second kappa shape index (κ2) is 68.1. The lowest BCUT2D eigenvalue weighted by atomic mass is 10.0. The van der Waals surface area contributed by atoms with Gasteiger partial charge >= 0.3 is 17.9 Å². The molecule has 6 nitrogen and oxygen atoms in total. The lowest BCUT2D eigenvalue weighted by Gasteiger charge is -2.18. The molecule has 0 heterocycles. The van der Waals surface area contributed by atoms with Crippen LogP contribution in [0.15, 0.2) is 36.5 Å². The smallest absolute Gasteiger partial charge is 0.306 e. The van der Waals surface area contributed by atoms with Gasteiger partial charge in [0.05, 0.1) is 0 Å². The third-order valence-electron chi connectivity index (χ3n) is 16.1. The Morgan fingerprint density at radius 1 is 0.253 bits per heavy atom. The van der Waals surface area contributed by atoms with E-state index in [0.717, 1.165) is 64.2 Å². The molecule has 1 atom stereocenters. The molecule has 0 fully saturated rings. The first kappa shape index (κ1) is 76.6. The van der Waals surface area contributed by atoms with Gasteiger partial charge in [-0.3, -0.25) is 14.4 Å². The van der Waals surface area contributed by atoms with Gasteiger partial charge in [-0.05, 0) is 77.0 Å². The van der Waals surface area contributed by atoms with Crippen LogP contribution in [-0.4, -0.2) is 37.2 Å².